The minimum atomic E-state index is -0.416. The molecule has 84 valence electrons. The van der Waals surface area contributed by atoms with Crippen LogP contribution in [-0.4, -0.2) is 30.0 Å². The van der Waals surface area contributed by atoms with Gasteiger partial charge in [-0.3, -0.25) is 0 Å². The van der Waals surface area contributed by atoms with E-state index < -0.39 is 5.97 Å². The molecule has 0 N–H and O–H groups in total. The fourth-order valence-electron chi connectivity index (χ4n) is 1.22. The van der Waals surface area contributed by atoms with Gasteiger partial charge in [0.05, 0.1) is 19.8 Å². The van der Waals surface area contributed by atoms with Crippen LogP contribution in [0.2, 0.25) is 0 Å². The van der Waals surface area contributed by atoms with Crippen molar-refractivity contribution >= 4 is 5.97 Å². The maximum atomic E-state index is 11.5. The Morgan fingerprint density at radius 1 is 1.40 bits per heavy atom. The third-order valence-corrected chi connectivity index (χ3v) is 1.93. The number of carbonyl (C=O) groups is 1. The van der Waals surface area contributed by atoms with Crippen LogP contribution < -0.4 is 4.74 Å². The highest BCUT2D eigenvalue weighted by atomic mass is 16.5. The Balaban J connectivity index is 3.24. The van der Waals surface area contributed by atoms with E-state index in [0.717, 1.165) is 0 Å². The maximum Gasteiger partial charge on any atom is 0.356 e. The molecule has 0 spiro atoms. The van der Waals surface area contributed by atoms with Crippen molar-refractivity contribution in [3.63, 3.8) is 0 Å². The largest absolute Gasteiger partial charge is 0.480 e. The van der Waals surface area contributed by atoms with Gasteiger partial charge < -0.3 is 9.47 Å². The van der Waals surface area contributed by atoms with Gasteiger partial charge in [0.15, 0.2) is 5.69 Å². The van der Waals surface area contributed by atoms with Gasteiger partial charge in [0.2, 0.25) is 5.88 Å². The lowest BCUT2D eigenvalue weighted by molar-refractivity contribution is 0.0578. The van der Waals surface area contributed by atoms with Gasteiger partial charge in [-0.2, -0.15) is 0 Å². The van der Waals surface area contributed by atoms with Gasteiger partial charge in [0.25, 0.3) is 0 Å². The Morgan fingerprint density at radius 2 is 2.00 bits per heavy atom. The molecule has 15 heavy (non-hydrogen) atoms. The minimum absolute atomic E-state index is 0.291. The zero-order valence-corrected chi connectivity index (χ0v) is 9.70. The molecule has 0 radical (unpaired) electrons. The maximum absolute atomic E-state index is 11.5. The molecule has 0 aliphatic rings. The molecule has 0 aromatic carbocycles. The van der Waals surface area contributed by atoms with Crippen LogP contribution in [0.5, 0.6) is 5.88 Å². The fraction of sp³-hybridized carbons (Fsp3) is 0.600. The standard InChI is InChI=1S/C10H16N2O3/c1-10(2,3)12-7(9(13)15-5)6-8(11-12)14-4/h6H,1-5H3. The van der Waals surface area contributed by atoms with Crippen LogP contribution in [0.4, 0.5) is 0 Å². The molecule has 1 aromatic heterocycles. The molecule has 0 saturated heterocycles. The third kappa shape index (κ3) is 2.29. The van der Waals surface area contributed by atoms with Gasteiger partial charge in [-0.25, -0.2) is 9.48 Å². The number of methoxy groups -OCH3 is 2. The predicted octanol–water partition coefficient (Wildman–Crippen LogP) is 1.43. The SMILES string of the molecule is COC(=O)c1cc(OC)nn1C(C)(C)C. The summed E-state index contributed by atoms with van der Waals surface area (Å²) >= 11 is 0. The number of nitrogens with zero attached hydrogens (tertiary/aromatic N) is 2. The van der Waals surface area contributed by atoms with Crippen LogP contribution in [0.25, 0.3) is 0 Å². The van der Waals surface area contributed by atoms with E-state index in [1.54, 1.807) is 10.7 Å². The molecule has 0 fully saturated rings. The number of rotatable bonds is 2. The first-order chi connectivity index (χ1) is 6.90. The number of carbonyl (C=O) groups excluding carboxylic acids is 1. The summed E-state index contributed by atoms with van der Waals surface area (Å²) in [6.07, 6.45) is 0. The second-order valence-corrected chi connectivity index (χ2v) is 4.15. The van der Waals surface area contributed by atoms with E-state index in [9.17, 15) is 4.79 Å². The summed E-state index contributed by atoms with van der Waals surface area (Å²) in [5.74, 6) is -0.00829. The van der Waals surface area contributed by atoms with Crippen LogP contribution in [-0.2, 0) is 10.3 Å². The minimum Gasteiger partial charge on any atom is -0.480 e. The Morgan fingerprint density at radius 3 is 2.40 bits per heavy atom. The van der Waals surface area contributed by atoms with Crippen molar-refractivity contribution in [1.29, 1.82) is 0 Å². The molecule has 0 atom stereocenters. The highest BCUT2D eigenvalue weighted by Gasteiger charge is 2.24. The lowest BCUT2D eigenvalue weighted by Gasteiger charge is -2.20. The molecular formula is C10H16N2O3. The Hall–Kier alpha value is -1.52. The molecule has 0 aliphatic heterocycles. The van der Waals surface area contributed by atoms with Crippen LogP contribution in [0.15, 0.2) is 6.07 Å². The van der Waals surface area contributed by atoms with Crippen LogP contribution in [0.3, 0.4) is 0 Å². The quantitative estimate of drug-likeness (QED) is 0.696. The summed E-state index contributed by atoms with van der Waals surface area (Å²) in [7, 11) is 2.85. The van der Waals surface area contributed by atoms with Crippen molar-refractivity contribution in [3.8, 4) is 5.88 Å². The molecular weight excluding hydrogens is 196 g/mol. The monoisotopic (exact) mass is 212 g/mol. The Kier molecular flexibility index (Phi) is 3.02. The smallest absolute Gasteiger partial charge is 0.356 e. The van der Waals surface area contributed by atoms with Crippen molar-refractivity contribution in [2.75, 3.05) is 14.2 Å². The molecule has 0 amide bonds. The van der Waals surface area contributed by atoms with Crippen molar-refractivity contribution in [2.24, 2.45) is 0 Å². The lowest BCUT2D eigenvalue weighted by Crippen LogP contribution is -2.27. The van der Waals surface area contributed by atoms with Crippen LogP contribution >= 0.6 is 0 Å². The van der Waals surface area contributed by atoms with Gasteiger partial charge in [0, 0.05) is 6.07 Å². The summed E-state index contributed by atoms with van der Waals surface area (Å²) in [4.78, 5) is 11.5. The van der Waals surface area contributed by atoms with Gasteiger partial charge in [-0.15, -0.1) is 5.10 Å². The van der Waals surface area contributed by atoms with Gasteiger partial charge in [0.1, 0.15) is 0 Å². The van der Waals surface area contributed by atoms with Gasteiger partial charge >= 0.3 is 5.97 Å². The Labute approximate surface area is 89.0 Å². The number of ether oxygens (including phenoxy) is 2. The fourth-order valence-corrected chi connectivity index (χ4v) is 1.22. The molecule has 0 unspecified atom stereocenters. The van der Waals surface area contributed by atoms with E-state index >= 15 is 0 Å². The van der Waals surface area contributed by atoms with Crippen molar-refractivity contribution < 1.29 is 14.3 Å². The molecule has 0 bridgehead atoms. The Bertz CT molecular complexity index is 363. The molecule has 1 heterocycles. The first-order valence-corrected chi connectivity index (χ1v) is 4.63. The number of aromatic nitrogens is 2. The zero-order chi connectivity index (χ0) is 11.6. The van der Waals surface area contributed by atoms with E-state index in [2.05, 4.69) is 9.84 Å². The summed E-state index contributed by atoms with van der Waals surface area (Å²) in [6.45, 7) is 5.85. The average Bonchev–Trinajstić information content (AvgIpc) is 2.59. The van der Waals surface area contributed by atoms with Crippen LogP contribution in [0.1, 0.15) is 31.3 Å². The van der Waals surface area contributed by atoms with Gasteiger partial charge in [-0.05, 0) is 20.8 Å². The van der Waals surface area contributed by atoms with Gasteiger partial charge in [-0.1, -0.05) is 0 Å². The van der Waals surface area contributed by atoms with Crippen molar-refractivity contribution in [2.45, 2.75) is 26.3 Å². The summed E-state index contributed by atoms with van der Waals surface area (Å²) < 4.78 is 11.3. The summed E-state index contributed by atoms with van der Waals surface area (Å²) in [5, 5.41) is 4.16. The molecule has 5 heteroatoms. The molecule has 5 nitrogen and oxygen atoms in total. The van der Waals surface area contributed by atoms with E-state index in [1.165, 1.54) is 14.2 Å². The highest BCUT2D eigenvalue weighted by Crippen LogP contribution is 2.21. The van der Waals surface area contributed by atoms with E-state index in [1.807, 2.05) is 20.8 Å². The summed E-state index contributed by atoms with van der Waals surface area (Å²) in [6, 6.07) is 1.57. The first-order valence-electron chi connectivity index (χ1n) is 4.63. The first kappa shape index (κ1) is 11.6. The highest BCUT2D eigenvalue weighted by molar-refractivity contribution is 5.87. The van der Waals surface area contributed by atoms with E-state index in [-0.39, 0.29) is 5.54 Å². The average molecular weight is 212 g/mol. The van der Waals surface area contributed by atoms with Crippen molar-refractivity contribution in [3.05, 3.63) is 11.8 Å². The predicted molar refractivity (Wildman–Crippen MR) is 55.1 cm³/mol. The molecule has 1 aromatic rings. The topological polar surface area (TPSA) is 53.4 Å². The molecule has 0 aliphatic carbocycles. The third-order valence-electron chi connectivity index (χ3n) is 1.93. The molecule has 1 rings (SSSR count). The number of esters is 1. The number of hydrogen-bond donors (Lipinski definition) is 0. The lowest BCUT2D eigenvalue weighted by atomic mass is 10.1. The van der Waals surface area contributed by atoms with Crippen molar-refractivity contribution in [1.82, 2.24) is 9.78 Å². The second-order valence-electron chi connectivity index (χ2n) is 4.15. The van der Waals surface area contributed by atoms with E-state index in [4.69, 9.17) is 4.74 Å². The summed E-state index contributed by atoms with van der Waals surface area (Å²) in [5.41, 5.74) is 0.0992. The van der Waals surface area contributed by atoms with E-state index in [0.29, 0.717) is 11.6 Å². The number of hydrogen-bond acceptors (Lipinski definition) is 4. The second kappa shape index (κ2) is 3.92. The normalized spacial score (nSPS) is 11.3. The van der Waals surface area contributed by atoms with Crippen LogP contribution in [0, 0.1) is 0 Å². The zero-order valence-electron chi connectivity index (χ0n) is 9.70. The molecule has 0 saturated carbocycles.